The molecule has 1 N–H and O–H groups in total. The third-order valence-electron chi connectivity index (χ3n) is 3.74. The molecule has 19 heavy (non-hydrogen) atoms. The highest BCUT2D eigenvalue weighted by atomic mass is 15.3. The van der Waals surface area contributed by atoms with E-state index in [0.717, 1.165) is 25.9 Å². The first-order chi connectivity index (χ1) is 9.24. The highest BCUT2D eigenvalue weighted by Gasteiger charge is 2.08. The van der Waals surface area contributed by atoms with Crippen LogP contribution in [0, 0.1) is 0 Å². The lowest BCUT2D eigenvalue weighted by Gasteiger charge is -2.16. The summed E-state index contributed by atoms with van der Waals surface area (Å²) in [4.78, 5) is 0. The number of rotatable bonds is 10. The van der Waals surface area contributed by atoms with E-state index in [9.17, 15) is 0 Å². The number of hydrogen-bond donors (Lipinski definition) is 1. The Hall–Kier alpha value is -0.830. The van der Waals surface area contributed by atoms with Crippen LogP contribution < -0.4 is 5.32 Å². The summed E-state index contributed by atoms with van der Waals surface area (Å²) in [5, 5.41) is 8.24. The zero-order valence-corrected chi connectivity index (χ0v) is 13.2. The third-order valence-corrected chi connectivity index (χ3v) is 3.74. The Bertz CT molecular complexity index is 344. The van der Waals surface area contributed by atoms with Crippen molar-refractivity contribution in [3.05, 3.63) is 17.5 Å². The smallest absolute Gasteiger partial charge is 0.0624 e. The molecule has 110 valence electrons. The Labute approximate surface area is 118 Å². The van der Waals surface area contributed by atoms with E-state index in [1.165, 1.54) is 37.1 Å². The van der Waals surface area contributed by atoms with Crippen molar-refractivity contribution in [2.45, 2.75) is 78.8 Å². The van der Waals surface area contributed by atoms with Crippen molar-refractivity contribution in [3.8, 4) is 0 Å². The molecule has 1 atom stereocenters. The fourth-order valence-corrected chi connectivity index (χ4v) is 2.49. The van der Waals surface area contributed by atoms with Gasteiger partial charge in [-0.05, 0) is 58.1 Å². The van der Waals surface area contributed by atoms with Gasteiger partial charge in [0.2, 0.25) is 0 Å². The average molecular weight is 265 g/mol. The van der Waals surface area contributed by atoms with Crippen molar-refractivity contribution in [3.63, 3.8) is 0 Å². The van der Waals surface area contributed by atoms with Gasteiger partial charge in [-0.15, -0.1) is 0 Å². The normalized spacial score (nSPS) is 12.8. The number of aromatic nitrogens is 2. The van der Waals surface area contributed by atoms with Gasteiger partial charge in [0.15, 0.2) is 0 Å². The monoisotopic (exact) mass is 265 g/mol. The fraction of sp³-hybridized carbons (Fsp3) is 0.812. The molecular weight excluding hydrogens is 234 g/mol. The maximum absolute atomic E-state index is 4.62. The highest BCUT2D eigenvalue weighted by molar-refractivity contribution is 5.10. The van der Waals surface area contributed by atoms with Crippen LogP contribution in [-0.4, -0.2) is 22.4 Å². The molecule has 0 aliphatic heterocycles. The molecule has 0 saturated carbocycles. The number of nitrogens with one attached hydrogen (secondary N) is 1. The van der Waals surface area contributed by atoms with Crippen LogP contribution in [0.3, 0.4) is 0 Å². The van der Waals surface area contributed by atoms with Crippen molar-refractivity contribution in [1.29, 1.82) is 0 Å². The Morgan fingerprint density at radius 3 is 2.63 bits per heavy atom. The van der Waals surface area contributed by atoms with E-state index in [0.29, 0.717) is 6.04 Å². The Morgan fingerprint density at radius 1 is 1.26 bits per heavy atom. The molecule has 1 heterocycles. The molecule has 1 aromatic rings. The van der Waals surface area contributed by atoms with Crippen LogP contribution in [0.5, 0.6) is 0 Å². The van der Waals surface area contributed by atoms with Crippen molar-refractivity contribution in [1.82, 2.24) is 15.1 Å². The van der Waals surface area contributed by atoms with Crippen LogP contribution in [-0.2, 0) is 19.4 Å². The van der Waals surface area contributed by atoms with Crippen molar-refractivity contribution >= 4 is 0 Å². The summed E-state index contributed by atoms with van der Waals surface area (Å²) in [5.41, 5.74) is 2.64. The van der Waals surface area contributed by atoms with Gasteiger partial charge in [-0.3, -0.25) is 4.68 Å². The van der Waals surface area contributed by atoms with Crippen molar-refractivity contribution in [2.75, 3.05) is 6.54 Å². The van der Waals surface area contributed by atoms with Gasteiger partial charge in [-0.2, -0.15) is 5.10 Å². The maximum Gasteiger partial charge on any atom is 0.0624 e. The van der Waals surface area contributed by atoms with E-state index in [2.05, 4.69) is 48.9 Å². The van der Waals surface area contributed by atoms with E-state index in [1.54, 1.807) is 0 Å². The second-order valence-corrected chi connectivity index (χ2v) is 5.25. The van der Waals surface area contributed by atoms with Gasteiger partial charge in [0.25, 0.3) is 0 Å². The molecule has 1 rings (SSSR count). The summed E-state index contributed by atoms with van der Waals surface area (Å²) in [5.74, 6) is 0. The molecule has 0 saturated heterocycles. The lowest BCUT2D eigenvalue weighted by Crippen LogP contribution is -2.29. The van der Waals surface area contributed by atoms with E-state index >= 15 is 0 Å². The molecule has 0 aromatic carbocycles. The lowest BCUT2D eigenvalue weighted by molar-refractivity contribution is 0.451. The zero-order chi connectivity index (χ0) is 14.1. The standard InChI is InChI=1S/C16H31N3/c1-5-12-17-14(6-2)10-9-11-16-13-15(7-3)18-19(16)8-4/h13-14,17H,5-12H2,1-4H3. The minimum atomic E-state index is 0.684. The van der Waals surface area contributed by atoms with E-state index in [4.69, 9.17) is 0 Å². The topological polar surface area (TPSA) is 29.9 Å². The molecule has 0 fully saturated rings. The van der Waals surface area contributed by atoms with Crippen LogP contribution in [0.2, 0.25) is 0 Å². The van der Waals surface area contributed by atoms with Gasteiger partial charge in [-0.1, -0.05) is 20.8 Å². The minimum absolute atomic E-state index is 0.684. The summed E-state index contributed by atoms with van der Waals surface area (Å²) in [7, 11) is 0. The van der Waals surface area contributed by atoms with Gasteiger partial charge in [0.1, 0.15) is 0 Å². The predicted octanol–water partition coefficient (Wildman–Crippen LogP) is 3.57. The van der Waals surface area contributed by atoms with Gasteiger partial charge >= 0.3 is 0 Å². The zero-order valence-electron chi connectivity index (χ0n) is 13.2. The largest absolute Gasteiger partial charge is 0.314 e. The van der Waals surface area contributed by atoms with Gasteiger partial charge in [0, 0.05) is 18.3 Å². The SMILES string of the molecule is CCCNC(CC)CCCc1cc(CC)nn1CC. The first-order valence-corrected chi connectivity index (χ1v) is 8.04. The van der Waals surface area contributed by atoms with Crippen LogP contribution in [0.25, 0.3) is 0 Å². The summed E-state index contributed by atoms with van der Waals surface area (Å²) in [6, 6.07) is 2.97. The van der Waals surface area contributed by atoms with E-state index in [1.807, 2.05) is 0 Å². The predicted molar refractivity (Wildman–Crippen MR) is 82.6 cm³/mol. The Morgan fingerprint density at radius 2 is 2.05 bits per heavy atom. The maximum atomic E-state index is 4.62. The van der Waals surface area contributed by atoms with Gasteiger partial charge < -0.3 is 5.32 Å². The van der Waals surface area contributed by atoms with Crippen LogP contribution >= 0.6 is 0 Å². The molecule has 0 aliphatic carbocycles. The first kappa shape index (κ1) is 16.2. The summed E-state index contributed by atoms with van der Waals surface area (Å²) in [6.07, 6.45) is 7.17. The second kappa shape index (κ2) is 9.13. The van der Waals surface area contributed by atoms with E-state index in [-0.39, 0.29) is 0 Å². The molecule has 0 spiro atoms. The van der Waals surface area contributed by atoms with Crippen molar-refractivity contribution in [2.24, 2.45) is 0 Å². The van der Waals surface area contributed by atoms with Crippen LogP contribution in [0.4, 0.5) is 0 Å². The molecule has 0 aliphatic rings. The first-order valence-electron chi connectivity index (χ1n) is 8.04. The molecule has 0 radical (unpaired) electrons. The van der Waals surface area contributed by atoms with Gasteiger partial charge in [-0.25, -0.2) is 0 Å². The Balaban J connectivity index is 2.40. The number of hydrogen-bond acceptors (Lipinski definition) is 2. The fourth-order valence-electron chi connectivity index (χ4n) is 2.49. The lowest BCUT2D eigenvalue weighted by atomic mass is 10.1. The van der Waals surface area contributed by atoms with Crippen LogP contribution in [0.1, 0.15) is 64.8 Å². The average Bonchev–Trinajstić information content (AvgIpc) is 2.85. The third kappa shape index (κ3) is 5.35. The molecule has 1 unspecified atom stereocenters. The van der Waals surface area contributed by atoms with Gasteiger partial charge in [0.05, 0.1) is 5.69 Å². The second-order valence-electron chi connectivity index (χ2n) is 5.25. The number of nitrogens with zero attached hydrogens (tertiary/aromatic N) is 2. The van der Waals surface area contributed by atoms with Crippen LogP contribution in [0.15, 0.2) is 6.07 Å². The molecular formula is C16H31N3. The molecule has 1 aromatic heterocycles. The molecule has 0 bridgehead atoms. The quantitative estimate of drug-likeness (QED) is 0.701. The summed E-state index contributed by atoms with van der Waals surface area (Å²) in [6.45, 7) is 11.0. The summed E-state index contributed by atoms with van der Waals surface area (Å²) < 4.78 is 2.17. The molecule has 3 heteroatoms. The highest BCUT2D eigenvalue weighted by Crippen LogP contribution is 2.11. The van der Waals surface area contributed by atoms with E-state index < -0.39 is 0 Å². The number of aryl methyl sites for hydroxylation is 3. The van der Waals surface area contributed by atoms with Crippen molar-refractivity contribution < 1.29 is 0 Å². The molecule has 3 nitrogen and oxygen atoms in total. The minimum Gasteiger partial charge on any atom is -0.314 e. The molecule has 0 amide bonds. The summed E-state index contributed by atoms with van der Waals surface area (Å²) >= 11 is 0. The Kier molecular flexibility index (Phi) is 7.80.